The molecule has 0 fully saturated rings. The van der Waals surface area contributed by atoms with Crippen LogP contribution < -0.4 is 4.74 Å². The fourth-order valence-corrected chi connectivity index (χ4v) is 3.48. The molecule has 162 valence electrons. The summed E-state index contributed by atoms with van der Waals surface area (Å²) in [6.07, 6.45) is 0. The number of amides is 1. The number of thiazole rings is 1. The van der Waals surface area contributed by atoms with Gasteiger partial charge in [-0.05, 0) is 49.7 Å². The summed E-state index contributed by atoms with van der Waals surface area (Å²) in [6.45, 7) is 4.28. The van der Waals surface area contributed by atoms with Gasteiger partial charge in [0.1, 0.15) is 18.2 Å². The molecule has 0 saturated heterocycles. The molecule has 2 aromatic carbocycles. The number of hydrogen-bond donors (Lipinski definition) is 0. The lowest BCUT2D eigenvalue weighted by atomic mass is 10.2. The molecule has 0 radical (unpaired) electrons. The predicted molar refractivity (Wildman–Crippen MR) is 115 cm³/mol. The normalized spacial score (nSPS) is 10.5. The maximum absolute atomic E-state index is 13.4. The Kier molecular flexibility index (Phi) is 7.72. The van der Waals surface area contributed by atoms with Crippen LogP contribution in [-0.2, 0) is 22.7 Å². The van der Waals surface area contributed by atoms with Crippen LogP contribution in [0.3, 0.4) is 0 Å². The van der Waals surface area contributed by atoms with Crippen LogP contribution in [0.4, 0.5) is 4.39 Å². The molecule has 0 unspecified atom stereocenters. The molecule has 1 heterocycles. The fraction of sp³-hybridized carbons (Fsp3) is 0.261. The molecule has 6 nitrogen and oxygen atoms in total. The van der Waals surface area contributed by atoms with Crippen molar-refractivity contribution >= 4 is 23.2 Å². The van der Waals surface area contributed by atoms with Crippen LogP contribution in [-0.4, -0.2) is 34.9 Å². The first-order valence-electron chi connectivity index (χ1n) is 9.78. The van der Waals surface area contributed by atoms with Gasteiger partial charge in [0.2, 0.25) is 0 Å². The van der Waals surface area contributed by atoms with E-state index in [1.807, 2.05) is 19.2 Å². The summed E-state index contributed by atoms with van der Waals surface area (Å²) >= 11 is 1.54. The van der Waals surface area contributed by atoms with Crippen molar-refractivity contribution in [2.75, 3.05) is 13.2 Å². The Morgan fingerprint density at radius 1 is 1.16 bits per heavy atom. The molecule has 0 spiro atoms. The van der Waals surface area contributed by atoms with Crippen molar-refractivity contribution < 1.29 is 23.5 Å². The number of aryl methyl sites for hydroxylation is 1. The molecule has 8 heteroatoms. The van der Waals surface area contributed by atoms with Crippen molar-refractivity contribution in [3.8, 4) is 5.75 Å². The molecule has 1 amide bonds. The Morgan fingerprint density at radius 3 is 2.68 bits per heavy atom. The number of halogens is 1. The zero-order chi connectivity index (χ0) is 22.2. The molecule has 0 N–H and O–H groups in total. The maximum atomic E-state index is 13.4. The van der Waals surface area contributed by atoms with Gasteiger partial charge in [-0.15, -0.1) is 11.3 Å². The number of aromatic nitrogens is 1. The van der Waals surface area contributed by atoms with Gasteiger partial charge in [-0.1, -0.05) is 18.2 Å². The number of ether oxygens (including phenoxy) is 2. The van der Waals surface area contributed by atoms with Crippen molar-refractivity contribution in [3.63, 3.8) is 0 Å². The number of rotatable bonds is 9. The minimum Gasteiger partial charge on any atom is -0.487 e. The average Bonchev–Trinajstić information content (AvgIpc) is 3.19. The molecule has 0 bridgehead atoms. The Bertz CT molecular complexity index is 1050. The summed E-state index contributed by atoms with van der Waals surface area (Å²) in [7, 11) is 0. The zero-order valence-corrected chi connectivity index (χ0v) is 18.2. The number of carbonyl (C=O) groups is 2. The molecular formula is C23H23FN2O4S. The lowest BCUT2D eigenvalue weighted by Crippen LogP contribution is -2.34. The van der Waals surface area contributed by atoms with Crippen molar-refractivity contribution in [2.45, 2.75) is 27.0 Å². The fourth-order valence-electron chi connectivity index (χ4n) is 2.88. The van der Waals surface area contributed by atoms with Crippen molar-refractivity contribution in [1.82, 2.24) is 9.88 Å². The molecule has 0 aliphatic carbocycles. The summed E-state index contributed by atoms with van der Waals surface area (Å²) in [5, 5.41) is 2.88. The Balaban J connectivity index is 1.53. The van der Waals surface area contributed by atoms with E-state index in [1.165, 1.54) is 17.0 Å². The standard InChI is InChI=1S/C23H23FN2O4S/c1-3-26(12-17-6-4-8-19(24)10-17)22(27)14-30-23(28)18-7-5-9-21(11-18)29-13-20-15-31-16(2)25-20/h4-11,15H,3,12-14H2,1-2H3. The second-order valence-corrected chi connectivity index (χ2v) is 7.85. The van der Waals surface area contributed by atoms with E-state index in [2.05, 4.69) is 4.98 Å². The SMILES string of the molecule is CCN(Cc1cccc(F)c1)C(=O)COC(=O)c1cccc(OCc2csc(C)n2)c1. The van der Waals surface area contributed by atoms with Crippen LogP contribution in [0.25, 0.3) is 0 Å². The van der Waals surface area contributed by atoms with E-state index in [1.54, 1.807) is 47.7 Å². The Hall–Kier alpha value is -3.26. The highest BCUT2D eigenvalue weighted by atomic mass is 32.1. The first kappa shape index (κ1) is 22.4. The van der Waals surface area contributed by atoms with Crippen LogP contribution in [0.5, 0.6) is 5.75 Å². The highest BCUT2D eigenvalue weighted by Crippen LogP contribution is 2.17. The van der Waals surface area contributed by atoms with E-state index in [4.69, 9.17) is 9.47 Å². The van der Waals surface area contributed by atoms with Gasteiger partial charge in [0, 0.05) is 18.5 Å². The summed E-state index contributed by atoms with van der Waals surface area (Å²) in [5.41, 5.74) is 1.77. The first-order valence-corrected chi connectivity index (χ1v) is 10.7. The van der Waals surface area contributed by atoms with Crippen molar-refractivity contribution in [1.29, 1.82) is 0 Å². The number of nitrogens with zero attached hydrogens (tertiary/aromatic N) is 2. The van der Waals surface area contributed by atoms with E-state index in [-0.39, 0.29) is 23.8 Å². The summed E-state index contributed by atoms with van der Waals surface area (Å²) in [4.78, 5) is 30.7. The molecule has 0 aliphatic rings. The van der Waals surface area contributed by atoms with Gasteiger partial charge in [-0.25, -0.2) is 14.2 Å². The minimum absolute atomic E-state index is 0.240. The zero-order valence-electron chi connectivity index (χ0n) is 17.3. The molecule has 1 aromatic heterocycles. The molecule has 0 saturated carbocycles. The number of esters is 1. The molecule has 31 heavy (non-hydrogen) atoms. The number of carbonyl (C=O) groups excluding carboxylic acids is 2. The maximum Gasteiger partial charge on any atom is 0.338 e. The largest absolute Gasteiger partial charge is 0.487 e. The topological polar surface area (TPSA) is 68.7 Å². The van der Waals surface area contributed by atoms with Gasteiger partial charge >= 0.3 is 5.97 Å². The minimum atomic E-state index is -0.620. The predicted octanol–water partition coefficient (Wildman–Crippen LogP) is 4.38. The second kappa shape index (κ2) is 10.7. The number of likely N-dealkylation sites (N-methyl/N-ethyl adjacent to an activating group) is 1. The van der Waals surface area contributed by atoms with Crippen LogP contribution in [0.1, 0.15) is 33.5 Å². The van der Waals surface area contributed by atoms with E-state index >= 15 is 0 Å². The second-order valence-electron chi connectivity index (χ2n) is 6.79. The average molecular weight is 443 g/mol. The Labute approximate surface area is 184 Å². The van der Waals surface area contributed by atoms with Crippen LogP contribution in [0.2, 0.25) is 0 Å². The van der Waals surface area contributed by atoms with Gasteiger partial charge in [0.25, 0.3) is 5.91 Å². The third-order valence-corrected chi connectivity index (χ3v) is 5.27. The summed E-state index contributed by atoms with van der Waals surface area (Å²) < 4.78 is 24.2. The lowest BCUT2D eigenvalue weighted by molar-refractivity contribution is -0.134. The van der Waals surface area contributed by atoms with Crippen LogP contribution in [0, 0.1) is 12.7 Å². The highest BCUT2D eigenvalue weighted by molar-refractivity contribution is 7.09. The number of hydrogen-bond acceptors (Lipinski definition) is 6. The lowest BCUT2D eigenvalue weighted by Gasteiger charge is -2.21. The molecule has 3 aromatic rings. The van der Waals surface area contributed by atoms with Gasteiger partial charge in [-0.3, -0.25) is 4.79 Å². The van der Waals surface area contributed by atoms with Crippen LogP contribution in [0.15, 0.2) is 53.9 Å². The van der Waals surface area contributed by atoms with E-state index in [0.29, 0.717) is 24.5 Å². The van der Waals surface area contributed by atoms with Crippen molar-refractivity contribution in [3.05, 3.63) is 81.6 Å². The molecule has 0 aliphatic heterocycles. The van der Waals surface area contributed by atoms with E-state index in [9.17, 15) is 14.0 Å². The third kappa shape index (κ3) is 6.62. The number of benzene rings is 2. The van der Waals surface area contributed by atoms with Gasteiger partial charge in [0.05, 0.1) is 16.3 Å². The first-order chi connectivity index (χ1) is 14.9. The van der Waals surface area contributed by atoms with E-state index in [0.717, 1.165) is 10.7 Å². The molecule has 0 atom stereocenters. The van der Waals surface area contributed by atoms with Gasteiger partial charge in [0.15, 0.2) is 6.61 Å². The van der Waals surface area contributed by atoms with Gasteiger partial charge < -0.3 is 14.4 Å². The highest BCUT2D eigenvalue weighted by Gasteiger charge is 2.16. The van der Waals surface area contributed by atoms with E-state index < -0.39 is 12.6 Å². The van der Waals surface area contributed by atoms with Crippen molar-refractivity contribution in [2.24, 2.45) is 0 Å². The Morgan fingerprint density at radius 2 is 1.97 bits per heavy atom. The molecular weight excluding hydrogens is 419 g/mol. The third-order valence-electron chi connectivity index (χ3n) is 4.45. The quantitative estimate of drug-likeness (QED) is 0.460. The monoisotopic (exact) mass is 442 g/mol. The summed E-state index contributed by atoms with van der Waals surface area (Å²) in [6, 6.07) is 12.6. The smallest absolute Gasteiger partial charge is 0.338 e. The molecule has 3 rings (SSSR count). The van der Waals surface area contributed by atoms with Crippen LogP contribution >= 0.6 is 11.3 Å². The van der Waals surface area contributed by atoms with Gasteiger partial charge in [-0.2, -0.15) is 0 Å². The summed E-state index contributed by atoms with van der Waals surface area (Å²) in [5.74, 6) is -0.830.